The first kappa shape index (κ1) is 9.90. The van der Waals surface area contributed by atoms with E-state index in [0.29, 0.717) is 13.2 Å². The van der Waals surface area contributed by atoms with Gasteiger partial charge in [0.25, 0.3) is 0 Å². The third kappa shape index (κ3) is 1.75. The fourth-order valence-electron chi connectivity index (χ4n) is 1.52. The van der Waals surface area contributed by atoms with Crippen LogP contribution in [0.25, 0.3) is 6.08 Å². The molecular formula is C11H14O2S. The highest BCUT2D eigenvalue weighted by Gasteiger charge is 2.33. The van der Waals surface area contributed by atoms with Crippen molar-refractivity contribution in [3.63, 3.8) is 0 Å². The van der Waals surface area contributed by atoms with Crippen LogP contribution in [0.1, 0.15) is 24.3 Å². The highest BCUT2D eigenvalue weighted by molar-refractivity contribution is 7.11. The van der Waals surface area contributed by atoms with Crippen molar-refractivity contribution in [2.45, 2.75) is 19.6 Å². The van der Waals surface area contributed by atoms with Crippen LogP contribution < -0.4 is 0 Å². The van der Waals surface area contributed by atoms with Crippen molar-refractivity contribution in [2.75, 3.05) is 13.2 Å². The zero-order valence-electron chi connectivity index (χ0n) is 8.45. The Morgan fingerprint density at radius 3 is 2.79 bits per heavy atom. The Morgan fingerprint density at radius 1 is 1.43 bits per heavy atom. The summed E-state index contributed by atoms with van der Waals surface area (Å²) in [5.74, 6) is -0.518. The van der Waals surface area contributed by atoms with E-state index in [2.05, 4.69) is 17.5 Å². The van der Waals surface area contributed by atoms with Crippen molar-refractivity contribution in [3.8, 4) is 0 Å². The van der Waals surface area contributed by atoms with Crippen molar-refractivity contribution in [1.82, 2.24) is 0 Å². The van der Waals surface area contributed by atoms with Gasteiger partial charge in [0.1, 0.15) is 0 Å². The molecule has 1 aliphatic rings. The lowest BCUT2D eigenvalue weighted by atomic mass is 10.1. The molecule has 1 aromatic rings. The largest absolute Gasteiger partial charge is 0.344 e. The van der Waals surface area contributed by atoms with Gasteiger partial charge in [-0.1, -0.05) is 6.08 Å². The van der Waals surface area contributed by atoms with Crippen molar-refractivity contribution in [1.29, 1.82) is 0 Å². The standard InChI is InChI=1S/C11H14O2S/c1-3-4-10-7-9(8-14-10)11(2)12-5-6-13-11/h3-4,7-8H,5-6H2,1-2H3/b4-3+. The summed E-state index contributed by atoms with van der Waals surface area (Å²) in [6.07, 6.45) is 4.13. The first-order valence-electron chi connectivity index (χ1n) is 4.74. The fourth-order valence-corrected chi connectivity index (χ4v) is 2.48. The van der Waals surface area contributed by atoms with E-state index in [9.17, 15) is 0 Å². The number of ether oxygens (including phenoxy) is 2. The Morgan fingerprint density at radius 2 is 2.14 bits per heavy atom. The Labute approximate surface area is 88.2 Å². The van der Waals surface area contributed by atoms with Gasteiger partial charge in [0.05, 0.1) is 13.2 Å². The van der Waals surface area contributed by atoms with Crippen LogP contribution in [0.15, 0.2) is 17.5 Å². The van der Waals surface area contributed by atoms with E-state index in [1.165, 1.54) is 4.88 Å². The maximum atomic E-state index is 5.58. The smallest absolute Gasteiger partial charge is 0.192 e. The third-order valence-corrected chi connectivity index (χ3v) is 3.21. The monoisotopic (exact) mass is 210 g/mol. The maximum Gasteiger partial charge on any atom is 0.192 e. The molecule has 76 valence electrons. The van der Waals surface area contributed by atoms with E-state index in [1.807, 2.05) is 19.9 Å². The summed E-state index contributed by atoms with van der Waals surface area (Å²) in [7, 11) is 0. The first-order valence-corrected chi connectivity index (χ1v) is 5.62. The topological polar surface area (TPSA) is 18.5 Å². The molecule has 2 rings (SSSR count). The minimum Gasteiger partial charge on any atom is -0.344 e. The van der Waals surface area contributed by atoms with E-state index < -0.39 is 5.79 Å². The summed E-state index contributed by atoms with van der Waals surface area (Å²) in [5, 5.41) is 2.10. The zero-order chi connectivity index (χ0) is 10.0. The number of hydrogen-bond donors (Lipinski definition) is 0. The summed E-state index contributed by atoms with van der Waals surface area (Å²) in [5.41, 5.74) is 1.12. The maximum absolute atomic E-state index is 5.58. The average Bonchev–Trinajstić information content (AvgIpc) is 2.75. The number of thiophene rings is 1. The lowest BCUT2D eigenvalue weighted by Crippen LogP contribution is -2.21. The second-order valence-electron chi connectivity index (χ2n) is 3.38. The van der Waals surface area contributed by atoms with Crippen LogP contribution in [0.4, 0.5) is 0 Å². The van der Waals surface area contributed by atoms with Crippen LogP contribution in [-0.2, 0) is 15.3 Å². The number of rotatable bonds is 2. The Bertz CT molecular complexity index is 335. The van der Waals surface area contributed by atoms with Gasteiger partial charge < -0.3 is 9.47 Å². The second-order valence-corrected chi connectivity index (χ2v) is 4.32. The molecule has 1 saturated heterocycles. The van der Waals surface area contributed by atoms with Gasteiger partial charge in [-0.15, -0.1) is 11.3 Å². The molecule has 1 aliphatic heterocycles. The van der Waals surface area contributed by atoms with Crippen molar-refractivity contribution < 1.29 is 9.47 Å². The second kappa shape index (κ2) is 3.85. The molecule has 14 heavy (non-hydrogen) atoms. The predicted octanol–water partition coefficient (Wildman–Crippen LogP) is 3.00. The molecule has 2 heterocycles. The molecule has 0 aromatic carbocycles. The molecule has 0 unspecified atom stereocenters. The van der Waals surface area contributed by atoms with Crippen LogP contribution in [0.5, 0.6) is 0 Å². The normalized spacial score (nSPS) is 20.7. The number of allylic oxidation sites excluding steroid dienone is 1. The molecule has 0 radical (unpaired) electrons. The molecule has 0 spiro atoms. The van der Waals surface area contributed by atoms with Gasteiger partial charge in [-0.2, -0.15) is 0 Å². The lowest BCUT2D eigenvalue weighted by Gasteiger charge is -2.20. The van der Waals surface area contributed by atoms with E-state index in [4.69, 9.17) is 9.47 Å². The molecule has 3 heteroatoms. The van der Waals surface area contributed by atoms with Crippen LogP contribution in [0.2, 0.25) is 0 Å². The van der Waals surface area contributed by atoms with E-state index in [1.54, 1.807) is 11.3 Å². The van der Waals surface area contributed by atoms with Crippen LogP contribution >= 0.6 is 11.3 Å². The summed E-state index contributed by atoms with van der Waals surface area (Å²) >= 11 is 1.71. The molecule has 1 fully saturated rings. The summed E-state index contributed by atoms with van der Waals surface area (Å²) in [6.45, 7) is 5.36. The zero-order valence-corrected chi connectivity index (χ0v) is 9.26. The minimum atomic E-state index is -0.518. The molecule has 2 nitrogen and oxygen atoms in total. The lowest BCUT2D eigenvalue weighted by molar-refractivity contribution is -0.149. The van der Waals surface area contributed by atoms with Gasteiger partial charge in [0.2, 0.25) is 0 Å². The SMILES string of the molecule is C/C=C/c1cc(C2(C)OCCO2)cs1. The van der Waals surface area contributed by atoms with Crippen molar-refractivity contribution >= 4 is 17.4 Å². The number of hydrogen-bond acceptors (Lipinski definition) is 3. The van der Waals surface area contributed by atoms with Gasteiger partial charge in [0.15, 0.2) is 5.79 Å². The van der Waals surface area contributed by atoms with Gasteiger partial charge in [-0.25, -0.2) is 0 Å². The van der Waals surface area contributed by atoms with E-state index in [-0.39, 0.29) is 0 Å². The molecule has 0 aliphatic carbocycles. The predicted molar refractivity (Wildman–Crippen MR) is 58.3 cm³/mol. The third-order valence-electron chi connectivity index (χ3n) is 2.31. The molecular weight excluding hydrogens is 196 g/mol. The summed E-state index contributed by atoms with van der Waals surface area (Å²) in [4.78, 5) is 1.24. The van der Waals surface area contributed by atoms with Crippen molar-refractivity contribution in [2.24, 2.45) is 0 Å². The highest BCUT2D eigenvalue weighted by atomic mass is 32.1. The Kier molecular flexibility index (Phi) is 2.72. The molecule has 0 bridgehead atoms. The first-order chi connectivity index (χ1) is 6.74. The summed E-state index contributed by atoms with van der Waals surface area (Å²) < 4.78 is 11.2. The minimum absolute atomic E-state index is 0.518. The van der Waals surface area contributed by atoms with Crippen molar-refractivity contribution in [3.05, 3.63) is 28.0 Å². The van der Waals surface area contributed by atoms with Gasteiger partial charge in [-0.05, 0) is 31.4 Å². The van der Waals surface area contributed by atoms with Gasteiger partial charge in [0, 0.05) is 10.4 Å². The quantitative estimate of drug-likeness (QED) is 0.747. The average molecular weight is 210 g/mol. The molecule has 0 amide bonds. The fraction of sp³-hybridized carbons (Fsp3) is 0.455. The Hall–Kier alpha value is -0.640. The highest BCUT2D eigenvalue weighted by Crippen LogP contribution is 2.33. The van der Waals surface area contributed by atoms with Crippen LogP contribution in [0, 0.1) is 0 Å². The van der Waals surface area contributed by atoms with E-state index in [0.717, 1.165) is 5.56 Å². The molecule has 0 saturated carbocycles. The molecule has 0 N–H and O–H groups in total. The molecule has 1 aromatic heterocycles. The van der Waals surface area contributed by atoms with Gasteiger partial charge >= 0.3 is 0 Å². The van der Waals surface area contributed by atoms with Gasteiger partial charge in [-0.3, -0.25) is 0 Å². The van der Waals surface area contributed by atoms with Crippen LogP contribution in [0.3, 0.4) is 0 Å². The van der Waals surface area contributed by atoms with E-state index >= 15 is 0 Å². The molecule has 0 atom stereocenters. The Balaban J connectivity index is 2.23. The van der Waals surface area contributed by atoms with Crippen LogP contribution in [-0.4, -0.2) is 13.2 Å². The summed E-state index contributed by atoms with van der Waals surface area (Å²) in [6, 6.07) is 2.12.